The lowest BCUT2D eigenvalue weighted by molar-refractivity contribution is 0.475. The fourth-order valence-corrected chi connectivity index (χ4v) is 1.70. The van der Waals surface area contributed by atoms with E-state index >= 15 is 0 Å². The van der Waals surface area contributed by atoms with Crippen molar-refractivity contribution in [3.63, 3.8) is 0 Å². The van der Waals surface area contributed by atoms with Gasteiger partial charge in [0, 0.05) is 17.8 Å². The standard InChI is InChI=1S/C13H8N2O3/c16-9-3-1-2-8(4-9)12-5-11(17)10-6-14-7-15-13(10)18-12/h1-7,16H. The zero-order valence-corrected chi connectivity index (χ0v) is 9.20. The topological polar surface area (TPSA) is 76.2 Å². The number of rotatable bonds is 1. The van der Waals surface area contributed by atoms with Gasteiger partial charge in [-0.15, -0.1) is 0 Å². The highest BCUT2D eigenvalue weighted by Crippen LogP contribution is 2.23. The Kier molecular flexibility index (Phi) is 2.30. The van der Waals surface area contributed by atoms with Gasteiger partial charge in [-0.3, -0.25) is 4.79 Å². The first-order valence-electron chi connectivity index (χ1n) is 5.27. The average molecular weight is 240 g/mol. The normalized spacial score (nSPS) is 10.7. The molecule has 0 aliphatic carbocycles. The van der Waals surface area contributed by atoms with Crippen LogP contribution in [0.3, 0.4) is 0 Å². The molecule has 0 amide bonds. The summed E-state index contributed by atoms with van der Waals surface area (Å²) >= 11 is 0. The second kappa shape index (κ2) is 3.96. The molecule has 2 aromatic heterocycles. The Labute approximate surface area is 101 Å². The minimum Gasteiger partial charge on any atom is -0.508 e. The third-order valence-corrected chi connectivity index (χ3v) is 2.54. The predicted molar refractivity (Wildman–Crippen MR) is 65.2 cm³/mol. The Hall–Kier alpha value is -2.69. The van der Waals surface area contributed by atoms with E-state index in [-0.39, 0.29) is 16.9 Å². The van der Waals surface area contributed by atoms with E-state index < -0.39 is 0 Å². The number of hydrogen-bond donors (Lipinski definition) is 1. The summed E-state index contributed by atoms with van der Waals surface area (Å²) < 4.78 is 5.52. The van der Waals surface area contributed by atoms with Gasteiger partial charge in [-0.1, -0.05) is 12.1 Å². The fourth-order valence-electron chi connectivity index (χ4n) is 1.70. The first kappa shape index (κ1) is 10.5. The van der Waals surface area contributed by atoms with Crippen molar-refractivity contribution in [2.75, 3.05) is 0 Å². The fraction of sp³-hybridized carbons (Fsp3) is 0. The van der Waals surface area contributed by atoms with Crippen LogP contribution in [0.25, 0.3) is 22.4 Å². The molecule has 1 N–H and O–H groups in total. The number of nitrogens with zero attached hydrogens (tertiary/aromatic N) is 2. The molecule has 0 aliphatic heterocycles. The Bertz CT molecular complexity index is 780. The van der Waals surface area contributed by atoms with Crippen LogP contribution in [0.15, 0.2) is 52.1 Å². The molecule has 0 aliphatic rings. The highest BCUT2D eigenvalue weighted by molar-refractivity contribution is 5.74. The van der Waals surface area contributed by atoms with E-state index in [0.717, 1.165) is 0 Å². The summed E-state index contributed by atoms with van der Waals surface area (Å²) in [6.45, 7) is 0. The summed E-state index contributed by atoms with van der Waals surface area (Å²) in [7, 11) is 0. The van der Waals surface area contributed by atoms with Crippen molar-refractivity contribution in [2.24, 2.45) is 0 Å². The molecule has 0 atom stereocenters. The van der Waals surface area contributed by atoms with Gasteiger partial charge in [0.15, 0.2) is 5.43 Å². The predicted octanol–water partition coefficient (Wildman–Crippen LogP) is 1.96. The molecular weight excluding hydrogens is 232 g/mol. The molecule has 0 radical (unpaired) electrons. The molecule has 18 heavy (non-hydrogen) atoms. The number of benzene rings is 1. The number of phenolic OH excluding ortho intramolecular Hbond substituents is 1. The van der Waals surface area contributed by atoms with Gasteiger partial charge in [0.1, 0.15) is 23.2 Å². The van der Waals surface area contributed by atoms with Crippen molar-refractivity contribution in [1.82, 2.24) is 9.97 Å². The van der Waals surface area contributed by atoms with Crippen molar-refractivity contribution < 1.29 is 9.52 Å². The number of aromatic nitrogens is 2. The van der Waals surface area contributed by atoms with E-state index in [9.17, 15) is 9.90 Å². The van der Waals surface area contributed by atoms with E-state index in [1.54, 1.807) is 18.2 Å². The van der Waals surface area contributed by atoms with Gasteiger partial charge in [-0.25, -0.2) is 9.97 Å². The lowest BCUT2D eigenvalue weighted by atomic mass is 10.1. The molecule has 0 unspecified atom stereocenters. The first-order chi connectivity index (χ1) is 8.74. The minimum absolute atomic E-state index is 0.109. The lowest BCUT2D eigenvalue weighted by Crippen LogP contribution is -2.01. The van der Waals surface area contributed by atoms with Crippen LogP contribution < -0.4 is 5.43 Å². The summed E-state index contributed by atoms with van der Waals surface area (Å²) in [5.74, 6) is 0.472. The van der Waals surface area contributed by atoms with Gasteiger partial charge in [0.05, 0.1) is 0 Å². The van der Waals surface area contributed by atoms with Crippen LogP contribution in [0.2, 0.25) is 0 Å². The maximum absolute atomic E-state index is 11.9. The number of phenols is 1. The summed E-state index contributed by atoms with van der Waals surface area (Å²) in [5, 5.41) is 9.75. The maximum atomic E-state index is 11.9. The molecule has 5 nitrogen and oxygen atoms in total. The van der Waals surface area contributed by atoms with Crippen LogP contribution in [0, 0.1) is 0 Å². The molecule has 5 heteroatoms. The minimum atomic E-state index is -0.213. The summed E-state index contributed by atoms with van der Waals surface area (Å²) in [6, 6.07) is 7.84. The van der Waals surface area contributed by atoms with E-state index in [1.165, 1.54) is 24.7 Å². The molecular formula is C13H8N2O3. The van der Waals surface area contributed by atoms with E-state index in [2.05, 4.69) is 9.97 Å². The molecule has 0 fully saturated rings. The number of aromatic hydroxyl groups is 1. The third kappa shape index (κ3) is 1.71. The van der Waals surface area contributed by atoms with E-state index in [0.29, 0.717) is 16.7 Å². The number of fused-ring (bicyclic) bond motifs is 1. The second-order valence-electron chi connectivity index (χ2n) is 3.77. The Balaban J connectivity index is 2.28. The van der Waals surface area contributed by atoms with Crippen molar-refractivity contribution in [1.29, 1.82) is 0 Å². The Morgan fingerprint density at radius 1 is 1.22 bits per heavy atom. The van der Waals surface area contributed by atoms with Gasteiger partial charge in [0.25, 0.3) is 0 Å². The van der Waals surface area contributed by atoms with Gasteiger partial charge in [-0.05, 0) is 12.1 Å². The van der Waals surface area contributed by atoms with Gasteiger partial charge < -0.3 is 9.52 Å². The maximum Gasteiger partial charge on any atom is 0.233 e. The monoisotopic (exact) mass is 240 g/mol. The van der Waals surface area contributed by atoms with Crippen LogP contribution in [-0.2, 0) is 0 Å². The van der Waals surface area contributed by atoms with Crippen LogP contribution >= 0.6 is 0 Å². The van der Waals surface area contributed by atoms with Gasteiger partial charge in [0.2, 0.25) is 5.71 Å². The van der Waals surface area contributed by atoms with Crippen LogP contribution in [-0.4, -0.2) is 15.1 Å². The zero-order chi connectivity index (χ0) is 12.5. The number of hydrogen-bond acceptors (Lipinski definition) is 5. The highest BCUT2D eigenvalue weighted by atomic mass is 16.3. The molecule has 3 rings (SSSR count). The first-order valence-corrected chi connectivity index (χ1v) is 5.27. The Morgan fingerprint density at radius 3 is 2.94 bits per heavy atom. The average Bonchev–Trinajstić information content (AvgIpc) is 2.39. The van der Waals surface area contributed by atoms with Crippen molar-refractivity contribution in [3.8, 4) is 17.1 Å². The summed E-state index contributed by atoms with van der Waals surface area (Å²) in [4.78, 5) is 19.5. The van der Waals surface area contributed by atoms with Crippen molar-refractivity contribution >= 4 is 11.1 Å². The molecule has 2 heterocycles. The molecule has 0 saturated carbocycles. The lowest BCUT2D eigenvalue weighted by Gasteiger charge is -2.02. The van der Waals surface area contributed by atoms with Crippen molar-refractivity contribution in [3.05, 3.63) is 53.1 Å². The molecule has 1 aromatic carbocycles. The van der Waals surface area contributed by atoms with E-state index in [4.69, 9.17) is 4.42 Å². The second-order valence-corrected chi connectivity index (χ2v) is 3.77. The quantitative estimate of drug-likeness (QED) is 0.703. The SMILES string of the molecule is O=c1cc(-c2cccc(O)c2)oc2ncncc12. The van der Waals surface area contributed by atoms with E-state index in [1.807, 2.05) is 0 Å². The smallest absolute Gasteiger partial charge is 0.233 e. The highest BCUT2D eigenvalue weighted by Gasteiger charge is 2.07. The summed E-state index contributed by atoms with van der Waals surface area (Å²) in [6.07, 6.45) is 2.73. The van der Waals surface area contributed by atoms with Crippen LogP contribution in [0.4, 0.5) is 0 Å². The molecule has 88 valence electrons. The Morgan fingerprint density at radius 2 is 2.11 bits per heavy atom. The molecule has 0 bridgehead atoms. The van der Waals surface area contributed by atoms with Gasteiger partial charge >= 0.3 is 0 Å². The largest absolute Gasteiger partial charge is 0.508 e. The molecule has 3 aromatic rings. The summed E-state index contributed by atoms with van der Waals surface area (Å²) in [5.41, 5.74) is 0.638. The van der Waals surface area contributed by atoms with Crippen LogP contribution in [0.1, 0.15) is 0 Å². The zero-order valence-electron chi connectivity index (χ0n) is 9.20. The molecule has 0 spiro atoms. The van der Waals surface area contributed by atoms with Crippen molar-refractivity contribution in [2.45, 2.75) is 0 Å². The van der Waals surface area contributed by atoms with Gasteiger partial charge in [-0.2, -0.15) is 0 Å². The van der Waals surface area contributed by atoms with Crippen LogP contribution in [0.5, 0.6) is 5.75 Å². The third-order valence-electron chi connectivity index (χ3n) is 2.54. The molecule has 0 saturated heterocycles.